The normalized spacial score (nSPS) is 26.2. The van der Waals surface area contributed by atoms with E-state index in [4.69, 9.17) is 4.98 Å². The maximum atomic E-state index is 5.35. The zero-order valence-electron chi connectivity index (χ0n) is 16.6. The quantitative estimate of drug-likeness (QED) is 0.161. The van der Waals surface area contributed by atoms with E-state index in [2.05, 4.69) is 236 Å². The molecule has 0 spiro atoms. The summed E-state index contributed by atoms with van der Waals surface area (Å²) in [6.07, 6.45) is 0. The molecule has 2 rings (SSSR count). The first-order valence-electron chi connectivity index (χ1n) is 7.77. The van der Waals surface area contributed by atoms with Gasteiger partial charge in [0.25, 0.3) is 0 Å². The SMILES string of the molecule is Cc1nc2c(n1C)C(I(I)I(I)I)(I(I)I(I)[I-]I)C(I(I)I)(I(I)[I-]I)NN2C(C)(C)C. The fraction of sp³-hybridized carbons (Fsp3) is 0.727. The Morgan fingerprint density at radius 3 is 1.88 bits per heavy atom. The molecule has 0 aliphatic carbocycles. The maximum absolute atomic E-state index is 5.35. The molecule has 0 fully saturated rings. The number of alkyl halides is 4. The zero-order valence-corrected chi connectivity index (χ0v) is 55.5. The second-order valence-corrected chi connectivity index (χ2v) is 238. The van der Waals surface area contributed by atoms with Crippen LogP contribution < -0.4 is 36.9 Å². The molecule has 33 heavy (non-hydrogen) atoms. The topological polar surface area (TPSA) is 33.1 Å². The van der Waals surface area contributed by atoms with Crippen LogP contribution in [0.4, 0.5) is 5.82 Å². The van der Waals surface area contributed by atoms with Crippen molar-refractivity contribution in [2.24, 2.45) is 7.05 Å². The van der Waals surface area contributed by atoms with Gasteiger partial charge in [0.05, 0.1) is 0 Å². The molecule has 1 aromatic rings. The number of halogens is 18. The number of nitrogens with zero attached hydrogens (tertiary/aromatic N) is 3. The number of fused-ring (bicyclic) bond motifs is 1. The van der Waals surface area contributed by atoms with E-state index in [9.17, 15) is 0 Å². The van der Waals surface area contributed by atoms with Gasteiger partial charge in [0.2, 0.25) is 0 Å². The molecule has 0 radical (unpaired) electrons. The molecule has 2 heterocycles. The Labute approximate surface area is 342 Å². The van der Waals surface area contributed by atoms with Gasteiger partial charge in [-0.1, -0.05) is 0 Å². The summed E-state index contributed by atoms with van der Waals surface area (Å²) in [6, 6.07) is 0. The van der Waals surface area contributed by atoms with E-state index in [0.29, 0.717) is 16.2 Å². The minimum absolute atomic E-state index is 0.0179. The molecule has 1 aliphatic heterocycles. The number of hydrogen-bond donors (Lipinski definition) is 1. The van der Waals surface area contributed by atoms with Crippen molar-refractivity contribution < 1.29 is 26.5 Å². The summed E-state index contributed by atoms with van der Waals surface area (Å²) in [5.74, 6) is 2.53. The van der Waals surface area contributed by atoms with Crippen molar-refractivity contribution in [2.45, 2.75) is 36.2 Å². The van der Waals surface area contributed by atoms with Gasteiger partial charge in [0, 0.05) is 0 Å². The van der Waals surface area contributed by atoms with Crippen LogP contribution in [0.25, 0.3) is 0 Å². The van der Waals surface area contributed by atoms with Gasteiger partial charge >= 0.3 is 357 Å². The van der Waals surface area contributed by atoms with Crippen molar-refractivity contribution >= 4 is 255 Å². The van der Waals surface area contributed by atoms with Gasteiger partial charge in [-0.15, -0.1) is 0 Å². The third kappa shape index (κ3) is 8.83. The summed E-state index contributed by atoms with van der Waals surface area (Å²) in [5.41, 5.74) is 6.31. The van der Waals surface area contributed by atoms with E-state index in [1.165, 1.54) is 11.6 Å². The Hall–Kier alpha value is 12.1. The minimum atomic E-state index is -1.35. The number of aromatic nitrogens is 2. The number of anilines is 1. The van der Waals surface area contributed by atoms with Crippen molar-refractivity contribution in [3.8, 4) is 0 Å². The van der Waals surface area contributed by atoms with Crippen molar-refractivity contribution in [3.05, 3.63) is 11.5 Å². The van der Waals surface area contributed by atoms with Gasteiger partial charge < -0.3 is 0 Å². The van der Waals surface area contributed by atoms with Crippen LogP contribution in [-0.4, -0.2) is 16.6 Å². The van der Waals surface area contributed by atoms with Crippen molar-refractivity contribution in [3.63, 3.8) is 0 Å². The number of rotatable bonds is 8. The monoisotopic (exact) mass is 2490 g/mol. The Bertz CT molecular complexity index is 829. The van der Waals surface area contributed by atoms with E-state index < -0.39 is 63.3 Å². The molecule has 0 amide bonds. The molecular weight excluding hydrogens is 2470 g/mol. The Morgan fingerprint density at radius 2 is 1.48 bits per heavy atom. The average molecular weight is 2490 g/mol. The van der Waals surface area contributed by atoms with E-state index in [1.54, 1.807) is 5.69 Å². The van der Waals surface area contributed by atoms with E-state index >= 15 is 0 Å². The van der Waals surface area contributed by atoms with Crippen molar-refractivity contribution in [1.29, 1.82) is 0 Å². The fourth-order valence-electron chi connectivity index (χ4n) is 2.84. The molecule has 1 N–H and O–H groups in total. The Balaban J connectivity index is 3.23. The molecule has 1 aromatic heterocycles. The summed E-state index contributed by atoms with van der Waals surface area (Å²) >= 11 is 25.6. The van der Waals surface area contributed by atoms with Crippen LogP contribution in [0.3, 0.4) is 0 Å². The van der Waals surface area contributed by atoms with Crippen LogP contribution in [0.2, 0.25) is 0 Å². The molecule has 0 saturated carbocycles. The van der Waals surface area contributed by atoms with Gasteiger partial charge in [0.1, 0.15) is 0 Å². The number of hydrazine groups is 1. The predicted molar refractivity (Wildman–Crippen MR) is 282 cm³/mol. The summed E-state index contributed by atoms with van der Waals surface area (Å²) < 4.78 is 3.54. The van der Waals surface area contributed by atoms with Crippen LogP contribution in [0.5, 0.6) is 0 Å². The number of imidazole rings is 1. The first kappa shape index (κ1) is 41.3. The van der Waals surface area contributed by atoms with Crippen LogP contribution in [-0.2, 0) is 8.48 Å². The molecule has 2 atom stereocenters. The zero-order chi connectivity index (χ0) is 25.7. The van der Waals surface area contributed by atoms with Crippen molar-refractivity contribution in [1.82, 2.24) is 15.0 Å². The van der Waals surface area contributed by atoms with Crippen LogP contribution in [0.15, 0.2) is 0 Å². The van der Waals surface area contributed by atoms with Gasteiger partial charge in [0.15, 0.2) is 0 Å². The predicted octanol–water partition coefficient (Wildman–Crippen LogP) is 9.03. The molecule has 22 heteroatoms. The molecule has 1 aliphatic rings. The second-order valence-electron chi connectivity index (χ2n) is 6.88. The van der Waals surface area contributed by atoms with Gasteiger partial charge in [-0.05, 0) is 0 Å². The summed E-state index contributed by atoms with van der Waals surface area (Å²) in [7, 11) is 0.435. The first-order valence-corrected chi connectivity index (χ1v) is 100. The van der Waals surface area contributed by atoms with E-state index in [0.717, 1.165) is 0 Å². The van der Waals surface area contributed by atoms with Crippen LogP contribution in [0, 0.1) is 6.92 Å². The van der Waals surface area contributed by atoms with Gasteiger partial charge in [-0.25, -0.2) is 0 Å². The van der Waals surface area contributed by atoms with Gasteiger partial charge in [-0.3, -0.25) is 0 Å². The molecule has 0 saturated heterocycles. The number of nitrogens with one attached hydrogen (secondary N) is 1. The Morgan fingerprint density at radius 1 is 0.939 bits per heavy atom. The van der Waals surface area contributed by atoms with Crippen LogP contribution >= 0.6 is 249 Å². The third-order valence-electron chi connectivity index (χ3n) is 4.19. The number of hydrogen-bond acceptors (Lipinski definition) is 3. The molecule has 2 unspecified atom stereocenters. The summed E-state index contributed by atoms with van der Waals surface area (Å²) in [4.78, 5) is 5.35. The summed E-state index contributed by atoms with van der Waals surface area (Å²) in [5, 5.41) is 2.58. The summed E-state index contributed by atoms with van der Waals surface area (Å²) in [6.45, 7) is 9.42. The van der Waals surface area contributed by atoms with E-state index in [1.807, 2.05) is 0 Å². The molecule has 0 bridgehead atoms. The molecule has 4 nitrogen and oxygen atoms in total. The van der Waals surface area contributed by atoms with Crippen molar-refractivity contribution in [2.75, 3.05) is 5.01 Å². The fourth-order valence-corrected chi connectivity index (χ4v) is 520. The average Bonchev–Trinajstić information content (AvgIpc) is 3.03. The molecular formula is C11H16I18N4-2. The molecule has 0 aromatic carbocycles. The Kier molecular flexibility index (Phi) is 22.8. The van der Waals surface area contributed by atoms with Gasteiger partial charge in [-0.2, -0.15) is 0 Å². The molecule has 208 valence electrons. The standard InChI is InChI=1S/C11H16I18N4/c1-6-30-8-7(32(6)5)10(26(17)28(19)20,27(18)29(21)23-13)11(24(14)15,25(16)22-12)31-33(8)9(2,3)4/h31H,1-5H3/q-2. The second kappa shape index (κ2) is 18.2. The first-order chi connectivity index (χ1) is 15.1. The number of aryl methyl sites for hydroxylation is 1. The third-order valence-corrected chi connectivity index (χ3v) is 433. The van der Waals surface area contributed by atoms with Crippen LogP contribution in [0.1, 0.15) is 32.3 Å². The van der Waals surface area contributed by atoms with E-state index in [-0.39, 0.29) is 18.8 Å².